The largest absolute Gasteiger partial charge is 0.452 e. The second-order valence-corrected chi connectivity index (χ2v) is 9.32. The standard InChI is InChI=1S/C29H28O4/c1-6-19-7-9-20(10-8-19)17-25-26(30)23-15-16-24(18(2)27(23)32-25)33-28(31)21-11-13-22(14-12-21)29(3,4)5/h7-17H,6H2,1-5H3/b25-17-. The molecule has 0 saturated heterocycles. The van der Waals surface area contributed by atoms with E-state index in [1.807, 2.05) is 36.4 Å². The summed E-state index contributed by atoms with van der Waals surface area (Å²) in [6, 6.07) is 18.7. The molecule has 1 heterocycles. The van der Waals surface area contributed by atoms with Crippen LogP contribution in [0.25, 0.3) is 6.08 Å². The highest BCUT2D eigenvalue weighted by Crippen LogP contribution is 2.39. The Morgan fingerprint density at radius 2 is 1.64 bits per heavy atom. The summed E-state index contributed by atoms with van der Waals surface area (Å²) in [6.45, 7) is 10.3. The summed E-state index contributed by atoms with van der Waals surface area (Å²) in [5.74, 6) is 0.446. The van der Waals surface area contributed by atoms with Gasteiger partial charge < -0.3 is 9.47 Å². The van der Waals surface area contributed by atoms with Gasteiger partial charge in [-0.3, -0.25) is 4.79 Å². The maximum Gasteiger partial charge on any atom is 0.343 e. The van der Waals surface area contributed by atoms with Crippen LogP contribution in [0.15, 0.2) is 66.4 Å². The number of esters is 1. The molecule has 3 aromatic rings. The quantitative estimate of drug-likeness (QED) is 0.258. The Kier molecular flexibility index (Phi) is 5.94. The first-order valence-electron chi connectivity index (χ1n) is 11.2. The monoisotopic (exact) mass is 440 g/mol. The van der Waals surface area contributed by atoms with Crippen molar-refractivity contribution in [1.29, 1.82) is 0 Å². The number of hydrogen-bond acceptors (Lipinski definition) is 4. The number of benzene rings is 3. The van der Waals surface area contributed by atoms with Gasteiger partial charge in [0.25, 0.3) is 0 Å². The third-order valence-electron chi connectivity index (χ3n) is 5.91. The van der Waals surface area contributed by atoms with E-state index in [-0.39, 0.29) is 17.0 Å². The highest BCUT2D eigenvalue weighted by molar-refractivity contribution is 6.15. The minimum atomic E-state index is -0.449. The minimum Gasteiger partial charge on any atom is -0.452 e. The molecule has 0 saturated carbocycles. The van der Waals surface area contributed by atoms with E-state index < -0.39 is 5.97 Å². The second kappa shape index (κ2) is 8.70. The van der Waals surface area contributed by atoms with Crippen molar-refractivity contribution in [2.45, 2.75) is 46.5 Å². The molecule has 168 valence electrons. The molecular weight excluding hydrogens is 412 g/mol. The van der Waals surface area contributed by atoms with Crippen LogP contribution in [-0.4, -0.2) is 11.8 Å². The van der Waals surface area contributed by atoms with Gasteiger partial charge in [0.2, 0.25) is 5.78 Å². The third-order valence-corrected chi connectivity index (χ3v) is 5.91. The van der Waals surface area contributed by atoms with E-state index in [1.165, 1.54) is 5.56 Å². The summed E-state index contributed by atoms with van der Waals surface area (Å²) in [6.07, 6.45) is 2.70. The number of ether oxygens (including phenoxy) is 2. The van der Waals surface area contributed by atoms with Gasteiger partial charge in [0.15, 0.2) is 5.76 Å². The van der Waals surface area contributed by atoms with E-state index in [0.29, 0.717) is 28.2 Å². The highest BCUT2D eigenvalue weighted by Gasteiger charge is 2.30. The van der Waals surface area contributed by atoms with Crippen molar-refractivity contribution < 1.29 is 19.1 Å². The molecule has 1 aliphatic heterocycles. The molecule has 0 fully saturated rings. The lowest BCUT2D eigenvalue weighted by atomic mass is 9.87. The van der Waals surface area contributed by atoms with Crippen LogP contribution in [0, 0.1) is 6.92 Å². The summed E-state index contributed by atoms with van der Waals surface area (Å²) in [4.78, 5) is 25.6. The van der Waals surface area contributed by atoms with Gasteiger partial charge in [0, 0.05) is 5.56 Å². The molecule has 0 atom stereocenters. The lowest BCUT2D eigenvalue weighted by Crippen LogP contribution is -2.13. The number of allylic oxidation sites excluding steroid dienone is 1. The molecule has 1 aliphatic rings. The molecule has 0 radical (unpaired) electrons. The zero-order valence-corrected chi connectivity index (χ0v) is 19.7. The molecule has 0 unspecified atom stereocenters. The molecule has 0 bridgehead atoms. The summed E-state index contributed by atoms with van der Waals surface area (Å²) in [5.41, 5.74) is 4.83. The SMILES string of the molecule is CCc1ccc(/C=C2\Oc3c(ccc(OC(=O)c4ccc(C(C)(C)C)cc4)c3C)C2=O)cc1. The Morgan fingerprint density at radius 3 is 2.24 bits per heavy atom. The third kappa shape index (κ3) is 4.61. The molecule has 0 aromatic heterocycles. The first kappa shape index (κ1) is 22.5. The zero-order chi connectivity index (χ0) is 23.8. The predicted octanol–water partition coefficient (Wildman–Crippen LogP) is 6.69. The Hall–Kier alpha value is -3.66. The number of carbonyl (C=O) groups excluding carboxylic acids is 2. The Labute approximate surface area is 194 Å². The molecule has 0 spiro atoms. The number of ketones is 1. The fraction of sp³-hybridized carbons (Fsp3) is 0.241. The van der Waals surface area contributed by atoms with Gasteiger partial charge in [-0.25, -0.2) is 4.79 Å². The van der Waals surface area contributed by atoms with Gasteiger partial charge in [-0.15, -0.1) is 0 Å². The molecule has 0 aliphatic carbocycles. The van der Waals surface area contributed by atoms with Gasteiger partial charge in [-0.05, 0) is 65.8 Å². The van der Waals surface area contributed by atoms with E-state index in [9.17, 15) is 9.59 Å². The first-order chi connectivity index (χ1) is 15.7. The summed E-state index contributed by atoms with van der Waals surface area (Å²) < 4.78 is 11.6. The number of Topliss-reactive ketones (excluding diaryl/α,β-unsaturated/α-hetero) is 1. The minimum absolute atomic E-state index is 0.00610. The van der Waals surface area contributed by atoms with Crippen molar-refractivity contribution in [2.75, 3.05) is 0 Å². The van der Waals surface area contributed by atoms with Crippen LogP contribution in [-0.2, 0) is 11.8 Å². The van der Waals surface area contributed by atoms with Crippen LogP contribution in [0.5, 0.6) is 11.5 Å². The van der Waals surface area contributed by atoms with Gasteiger partial charge in [0.05, 0.1) is 11.1 Å². The Balaban J connectivity index is 1.55. The topological polar surface area (TPSA) is 52.6 Å². The van der Waals surface area contributed by atoms with Crippen molar-refractivity contribution in [3.8, 4) is 11.5 Å². The summed E-state index contributed by atoms with van der Waals surface area (Å²) >= 11 is 0. The van der Waals surface area contributed by atoms with Crippen molar-refractivity contribution in [2.24, 2.45) is 0 Å². The van der Waals surface area contributed by atoms with Crippen LogP contribution >= 0.6 is 0 Å². The number of aryl methyl sites for hydroxylation is 1. The first-order valence-corrected chi connectivity index (χ1v) is 11.2. The van der Waals surface area contributed by atoms with E-state index in [0.717, 1.165) is 17.5 Å². The average Bonchev–Trinajstić information content (AvgIpc) is 3.11. The van der Waals surface area contributed by atoms with Crippen LogP contribution < -0.4 is 9.47 Å². The van der Waals surface area contributed by atoms with Crippen LogP contribution in [0.1, 0.15) is 70.7 Å². The van der Waals surface area contributed by atoms with Gasteiger partial charge in [-0.1, -0.05) is 64.1 Å². The summed E-state index contributed by atoms with van der Waals surface area (Å²) in [5, 5.41) is 0. The Morgan fingerprint density at radius 1 is 0.970 bits per heavy atom. The number of fused-ring (bicyclic) bond motifs is 1. The lowest BCUT2D eigenvalue weighted by molar-refractivity contribution is 0.0733. The molecular formula is C29H28O4. The van der Waals surface area contributed by atoms with E-state index in [1.54, 1.807) is 37.3 Å². The summed E-state index contributed by atoms with van der Waals surface area (Å²) in [7, 11) is 0. The fourth-order valence-corrected chi connectivity index (χ4v) is 3.74. The van der Waals surface area contributed by atoms with Crippen LogP contribution in [0.3, 0.4) is 0 Å². The van der Waals surface area contributed by atoms with Crippen molar-refractivity contribution in [3.63, 3.8) is 0 Å². The smallest absolute Gasteiger partial charge is 0.343 e. The molecule has 0 N–H and O–H groups in total. The van der Waals surface area contributed by atoms with E-state index in [4.69, 9.17) is 9.47 Å². The van der Waals surface area contributed by atoms with Crippen molar-refractivity contribution in [1.82, 2.24) is 0 Å². The number of carbonyl (C=O) groups is 2. The molecule has 33 heavy (non-hydrogen) atoms. The molecule has 0 amide bonds. The molecule has 4 nitrogen and oxygen atoms in total. The average molecular weight is 441 g/mol. The van der Waals surface area contributed by atoms with E-state index in [2.05, 4.69) is 27.7 Å². The van der Waals surface area contributed by atoms with E-state index >= 15 is 0 Å². The van der Waals surface area contributed by atoms with Gasteiger partial charge >= 0.3 is 5.97 Å². The molecule has 4 heteroatoms. The zero-order valence-electron chi connectivity index (χ0n) is 19.7. The Bertz CT molecular complexity index is 1240. The maximum atomic E-state index is 12.8. The highest BCUT2D eigenvalue weighted by atomic mass is 16.5. The van der Waals surface area contributed by atoms with Crippen molar-refractivity contribution in [3.05, 3.63) is 99.8 Å². The van der Waals surface area contributed by atoms with Crippen LogP contribution in [0.4, 0.5) is 0 Å². The van der Waals surface area contributed by atoms with Gasteiger partial charge in [0.1, 0.15) is 11.5 Å². The lowest BCUT2D eigenvalue weighted by Gasteiger charge is -2.19. The normalized spacial score (nSPS) is 14.2. The predicted molar refractivity (Wildman–Crippen MR) is 130 cm³/mol. The fourth-order valence-electron chi connectivity index (χ4n) is 3.74. The van der Waals surface area contributed by atoms with Crippen molar-refractivity contribution >= 4 is 17.8 Å². The number of rotatable bonds is 4. The number of hydrogen-bond donors (Lipinski definition) is 0. The second-order valence-electron chi connectivity index (χ2n) is 9.32. The van der Waals surface area contributed by atoms with Gasteiger partial charge in [-0.2, -0.15) is 0 Å². The van der Waals surface area contributed by atoms with Crippen LogP contribution in [0.2, 0.25) is 0 Å². The molecule has 3 aromatic carbocycles. The maximum absolute atomic E-state index is 12.8. The molecule has 4 rings (SSSR count).